The Morgan fingerprint density at radius 3 is 2.88 bits per heavy atom. The molecule has 1 unspecified atom stereocenters. The lowest BCUT2D eigenvalue weighted by Crippen LogP contribution is -2.46. The Morgan fingerprint density at radius 2 is 2.19 bits per heavy atom. The number of hydrogen-bond acceptors (Lipinski definition) is 3. The van der Waals surface area contributed by atoms with Crippen LogP contribution in [0.25, 0.3) is 0 Å². The molecule has 1 heterocycles. The maximum Gasteiger partial charge on any atom is 0.145 e. The standard InChI is InChI=1S/C13H20N2O/c1-9-5-10(2)13-12(6-9)15(4)11(7-14-3)8-16-13/h5-6,11,14H,7-8H2,1-4H3. The van der Waals surface area contributed by atoms with Crippen LogP contribution in [0.1, 0.15) is 11.1 Å². The zero-order chi connectivity index (χ0) is 11.7. The first-order chi connectivity index (χ1) is 7.63. The summed E-state index contributed by atoms with van der Waals surface area (Å²) in [5.74, 6) is 1.04. The normalized spacial score (nSPS) is 19.2. The first-order valence-corrected chi connectivity index (χ1v) is 5.75. The SMILES string of the molecule is CNCC1COc2c(C)cc(C)cc2N1C. The molecule has 1 N–H and O–H groups in total. The van der Waals surface area contributed by atoms with Crippen LogP contribution < -0.4 is 15.0 Å². The molecule has 0 aromatic heterocycles. The van der Waals surface area contributed by atoms with Crippen LogP contribution in [0.3, 0.4) is 0 Å². The molecule has 3 heteroatoms. The molecule has 1 aliphatic rings. The molecule has 1 atom stereocenters. The van der Waals surface area contributed by atoms with Crippen molar-refractivity contribution in [2.24, 2.45) is 0 Å². The van der Waals surface area contributed by atoms with Crippen LogP contribution >= 0.6 is 0 Å². The molecule has 0 radical (unpaired) electrons. The van der Waals surface area contributed by atoms with E-state index < -0.39 is 0 Å². The molecule has 1 aromatic rings. The van der Waals surface area contributed by atoms with Gasteiger partial charge in [0, 0.05) is 13.6 Å². The highest BCUT2D eigenvalue weighted by Crippen LogP contribution is 2.36. The molecule has 3 nitrogen and oxygen atoms in total. The molecule has 1 aliphatic heterocycles. The molecule has 1 aromatic carbocycles. The van der Waals surface area contributed by atoms with Gasteiger partial charge in [-0.3, -0.25) is 0 Å². The molecule has 0 saturated heterocycles. The van der Waals surface area contributed by atoms with Gasteiger partial charge in [0.25, 0.3) is 0 Å². The summed E-state index contributed by atoms with van der Waals surface area (Å²) in [6.45, 7) is 5.94. The van der Waals surface area contributed by atoms with E-state index in [2.05, 4.69) is 43.2 Å². The highest BCUT2D eigenvalue weighted by molar-refractivity contribution is 5.64. The Kier molecular flexibility index (Phi) is 3.06. The number of anilines is 1. The van der Waals surface area contributed by atoms with E-state index in [0.29, 0.717) is 6.04 Å². The third-order valence-electron chi connectivity index (χ3n) is 3.19. The van der Waals surface area contributed by atoms with E-state index in [-0.39, 0.29) is 0 Å². The number of nitrogens with one attached hydrogen (secondary N) is 1. The minimum atomic E-state index is 0.415. The molecule has 0 saturated carbocycles. The van der Waals surface area contributed by atoms with Crippen LogP contribution in [-0.4, -0.2) is 33.3 Å². The van der Waals surface area contributed by atoms with Gasteiger partial charge in [0.2, 0.25) is 0 Å². The van der Waals surface area contributed by atoms with E-state index >= 15 is 0 Å². The fourth-order valence-corrected chi connectivity index (χ4v) is 2.30. The second-order valence-electron chi connectivity index (χ2n) is 4.56. The minimum absolute atomic E-state index is 0.415. The van der Waals surface area contributed by atoms with Crippen molar-refractivity contribution in [2.45, 2.75) is 19.9 Å². The van der Waals surface area contributed by atoms with Gasteiger partial charge in [-0.05, 0) is 38.1 Å². The van der Waals surface area contributed by atoms with Crippen LogP contribution in [0.2, 0.25) is 0 Å². The summed E-state index contributed by atoms with van der Waals surface area (Å²) in [4.78, 5) is 2.31. The highest BCUT2D eigenvalue weighted by Gasteiger charge is 2.25. The predicted octanol–water partition coefficient (Wildman–Crippen LogP) is 1.72. The second kappa shape index (κ2) is 4.34. The monoisotopic (exact) mass is 220 g/mol. The van der Waals surface area contributed by atoms with Crippen molar-refractivity contribution in [1.82, 2.24) is 5.32 Å². The molecule has 0 fully saturated rings. The number of nitrogens with zero attached hydrogens (tertiary/aromatic N) is 1. The molecule has 0 bridgehead atoms. The zero-order valence-corrected chi connectivity index (χ0v) is 10.5. The smallest absolute Gasteiger partial charge is 0.145 e. The van der Waals surface area contributed by atoms with Gasteiger partial charge in [-0.15, -0.1) is 0 Å². The van der Waals surface area contributed by atoms with Crippen LogP contribution in [0.4, 0.5) is 5.69 Å². The Labute approximate surface area is 97.4 Å². The number of rotatable bonds is 2. The fraction of sp³-hybridized carbons (Fsp3) is 0.538. The summed E-state index contributed by atoms with van der Waals surface area (Å²) in [5.41, 5.74) is 3.73. The quantitative estimate of drug-likeness (QED) is 0.821. The Hall–Kier alpha value is -1.22. The molecule has 16 heavy (non-hydrogen) atoms. The Morgan fingerprint density at radius 1 is 1.44 bits per heavy atom. The van der Waals surface area contributed by atoms with Gasteiger partial charge in [-0.25, -0.2) is 0 Å². The van der Waals surface area contributed by atoms with Gasteiger partial charge in [0.1, 0.15) is 12.4 Å². The van der Waals surface area contributed by atoms with Crippen molar-refractivity contribution in [3.63, 3.8) is 0 Å². The first-order valence-electron chi connectivity index (χ1n) is 5.75. The van der Waals surface area contributed by atoms with E-state index in [1.165, 1.54) is 16.8 Å². The molecular formula is C13H20N2O. The second-order valence-corrected chi connectivity index (χ2v) is 4.56. The maximum absolute atomic E-state index is 5.86. The fourth-order valence-electron chi connectivity index (χ4n) is 2.30. The van der Waals surface area contributed by atoms with Crippen molar-refractivity contribution in [3.8, 4) is 5.75 Å². The van der Waals surface area contributed by atoms with Gasteiger partial charge in [0.15, 0.2) is 0 Å². The van der Waals surface area contributed by atoms with Gasteiger partial charge in [-0.1, -0.05) is 6.07 Å². The average molecular weight is 220 g/mol. The molecule has 88 valence electrons. The summed E-state index contributed by atoms with van der Waals surface area (Å²) in [6.07, 6.45) is 0. The molecule has 0 aliphatic carbocycles. The molecular weight excluding hydrogens is 200 g/mol. The van der Waals surface area contributed by atoms with Crippen molar-refractivity contribution in [1.29, 1.82) is 0 Å². The van der Waals surface area contributed by atoms with Gasteiger partial charge in [-0.2, -0.15) is 0 Å². The van der Waals surface area contributed by atoms with Crippen molar-refractivity contribution in [3.05, 3.63) is 23.3 Å². The highest BCUT2D eigenvalue weighted by atomic mass is 16.5. The summed E-state index contributed by atoms with van der Waals surface area (Å²) < 4.78 is 5.86. The zero-order valence-electron chi connectivity index (χ0n) is 10.5. The first kappa shape index (κ1) is 11.3. The lowest BCUT2D eigenvalue weighted by atomic mass is 10.1. The number of hydrogen-bond donors (Lipinski definition) is 1. The molecule has 0 amide bonds. The number of aryl methyl sites for hydroxylation is 2. The van der Waals surface area contributed by atoms with Crippen LogP contribution in [0, 0.1) is 13.8 Å². The van der Waals surface area contributed by atoms with Gasteiger partial charge < -0.3 is 15.0 Å². The average Bonchev–Trinajstić information content (AvgIpc) is 2.23. The van der Waals surface area contributed by atoms with E-state index in [1.807, 2.05) is 7.05 Å². The number of ether oxygens (including phenoxy) is 1. The Balaban J connectivity index is 2.36. The molecule has 0 spiro atoms. The predicted molar refractivity (Wildman–Crippen MR) is 67.5 cm³/mol. The number of fused-ring (bicyclic) bond motifs is 1. The van der Waals surface area contributed by atoms with E-state index in [4.69, 9.17) is 4.74 Å². The van der Waals surface area contributed by atoms with Gasteiger partial charge >= 0.3 is 0 Å². The summed E-state index contributed by atoms with van der Waals surface area (Å²) >= 11 is 0. The summed E-state index contributed by atoms with van der Waals surface area (Å²) in [6, 6.07) is 4.79. The summed E-state index contributed by atoms with van der Waals surface area (Å²) in [5, 5.41) is 3.21. The third kappa shape index (κ3) is 1.87. The van der Waals surface area contributed by atoms with Crippen molar-refractivity contribution in [2.75, 3.05) is 32.1 Å². The Bertz CT molecular complexity index is 390. The minimum Gasteiger partial charge on any atom is -0.489 e. The van der Waals surface area contributed by atoms with Crippen molar-refractivity contribution >= 4 is 5.69 Å². The summed E-state index contributed by atoms with van der Waals surface area (Å²) in [7, 11) is 4.12. The van der Waals surface area contributed by atoms with E-state index in [0.717, 1.165) is 18.9 Å². The molecule has 2 rings (SSSR count). The topological polar surface area (TPSA) is 24.5 Å². The van der Waals surface area contributed by atoms with Crippen LogP contribution in [0.5, 0.6) is 5.75 Å². The lowest BCUT2D eigenvalue weighted by Gasteiger charge is -2.36. The largest absolute Gasteiger partial charge is 0.489 e. The van der Waals surface area contributed by atoms with E-state index in [9.17, 15) is 0 Å². The van der Waals surface area contributed by atoms with Crippen LogP contribution in [0.15, 0.2) is 12.1 Å². The lowest BCUT2D eigenvalue weighted by molar-refractivity contribution is 0.262. The van der Waals surface area contributed by atoms with E-state index in [1.54, 1.807) is 0 Å². The third-order valence-corrected chi connectivity index (χ3v) is 3.19. The number of likely N-dealkylation sites (N-methyl/N-ethyl adjacent to an activating group) is 2. The number of benzene rings is 1. The maximum atomic E-state index is 5.86. The van der Waals surface area contributed by atoms with Gasteiger partial charge in [0.05, 0.1) is 11.7 Å². The van der Waals surface area contributed by atoms with Crippen molar-refractivity contribution < 1.29 is 4.74 Å². The van der Waals surface area contributed by atoms with Crippen LogP contribution in [-0.2, 0) is 0 Å².